The second-order valence-electron chi connectivity index (χ2n) is 5.05. The molecule has 0 saturated carbocycles. The van der Waals surface area contributed by atoms with Gasteiger partial charge in [-0.3, -0.25) is 4.98 Å². The minimum atomic E-state index is 0.788. The molecule has 23 heavy (non-hydrogen) atoms. The molecule has 0 radical (unpaired) electrons. The van der Waals surface area contributed by atoms with E-state index in [1.807, 2.05) is 24.4 Å². The maximum atomic E-state index is 7.00. The van der Waals surface area contributed by atoms with Crippen LogP contribution in [0.3, 0.4) is 0 Å². The Morgan fingerprint density at radius 3 is 2.48 bits per heavy atom. The van der Waals surface area contributed by atoms with Crippen LogP contribution in [-0.2, 0) is 6.54 Å². The highest BCUT2D eigenvalue weighted by Crippen LogP contribution is 2.28. The van der Waals surface area contributed by atoms with E-state index in [-0.39, 0.29) is 0 Å². The topological polar surface area (TPSA) is 54.4 Å². The Hall–Kier alpha value is -2.59. The standard InChI is InChI=1S/C18H18N2O.CH4O/c1-13-6-8-14(9-7-13)12-20-16-10-11-19-18-15(16)4-3-5-17(18)21-2;1-2/h3-11H,12H2,1-2H3,(H,19,20);2H,1H3. The van der Waals surface area contributed by atoms with Gasteiger partial charge in [0.25, 0.3) is 0 Å². The van der Waals surface area contributed by atoms with Crippen LogP contribution in [0.1, 0.15) is 11.1 Å². The predicted molar refractivity (Wildman–Crippen MR) is 94.9 cm³/mol. The van der Waals surface area contributed by atoms with Crippen molar-refractivity contribution in [1.29, 1.82) is 0 Å². The second-order valence-corrected chi connectivity index (χ2v) is 5.05. The summed E-state index contributed by atoms with van der Waals surface area (Å²) in [4.78, 5) is 4.41. The van der Waals surface area contributed by atoms with Crippen LogP contribution >= 0.6 is 0 Å². The largest absolute Gasteiger partial charge is 0.494 e. The number of aromatic nitrogens is 1. The fraction of sp³-hybridized carbons (Fsp3) is 0.211. The molecule has 0 aliphatic rings. The minimum Gasteiger partial charge on any atom is -0.494 e. The molecule has 0 aliphatic carbocycles. The van der Waals surface area contributed by atoms with E-state index in [1.54, 1.807) is 7.11 Å². The zero-order valence-corrected chi connectivity index (χ0v) is 13.7. The Morgan fingerprint density at radius 2 is 1.78 bits per heavy atom. The Bertz CT molecular complexity index is 755. The monoisotopic (exact) mass is 310 g/mol. The van der Waals surface area contributed by atoms with Crippen molar-refractivity contribution in [2.75, 3.05) is 19.5 Å². The highest BCUT2D eigenvalue weighted by molar-refractivity contribution is 5.94. The molecule has 120 valence electrons. The van der Waals surface area contributed by atoms with Crippen LogP contribution in [0.5, 0.6) is 5.75 Å². The first kappa shape index (κ1) is 16.8. The van der Waals surface area contributed by atoms with Gasteiger partial charge in [-0.1, -0.05) is 42.0 Å². The lowest BCUT2D eigenvalue weighted by Gasteiger charge is -2.11. The van der Waals surface area contributed by atoms with E-state index in [4.69, 9.17) is 9.84 Å². The third kappa shape index (κ3) is 3.99. The number of anilines is 1. The summed E-state index contributed by atoms with van der Waals surface area (Å²) >= 11 is 0. The Labute approximate surface area is 136 Å². The third-order valence-electron chi connectivity index (χ3n) is 3.56. The molecule has 3 aromatic rings. The average Bonchev–Trinajstić information content (AvgIpc) is 2.62. The summed E-state index contributed by atoms with van der Waals surface area (Å²) < 4.78 is 5.37. The third-order valence-corrected chi connectivity index (χ3v) is 3.56. The molecule has 3 rings (SSSR count). The minimum absolute atomic E-state index is 0.788. The van der Waals surface area contributed by atoms with Crippen molar-refractivity contribution in [1.82, 2.24) is 4.98 Å². The molecule has 0 aliphatic heterocycles. The van der Waals surface area contributed by atoms with E-state index in [2.05, 4.69) is 47.6 Å². The zero-order chi connectivity index (χ0) is 16.7. The van der Waals surface area contributed by atoms with Gasteiger partial charge in [-0.05, 0) is 24.6 Å². The van der Waals surface area contributed by atoms with Crippen LogP contribution in [0, 0.1) is 6.92 Å². The molecule has 0 fully saturated rings. The molecule has 2 aromatic carbocycles. The number of hydrogen-bond donors (Lipinski definition) is 2. The molecule has 4 nitrogen and oxygen atoms in total. The lowest BCUT2D eigenvalue weighted by atomic mass is 10.1. The van der Waals surface area contributed by atoms with Gasteiger partial charge in [-0.2, -0.15) is 0 Å². The second kappa shape index (κ2) is 8.15. The van der Waals surface area contributed by atoms with Gasteiger partial charge in [0.2, 0.25) is 0 Å². The van der Waals surface area contributed by atoms with E-state index in [9.17, 15) is 0 Å². The number of methoxy groups -OCH3 is 1. The molecule has 1 heterocycles. The fourth-order valence-electron chi connectivity index (χ4n) is 2.37. The van der Waals surface area contributed by atoms with Gasteiger partial charge in [0.15, 0.2) is 0 Å². The number of fused-ring (bicyclic) bond motifs is 1. The van der Waals surface area contributed by atoms with Crippen LogP contribution in [-0.4, -0.2) is 24.3 Å². The van der Waals surface area contributed by atoms with E-state index >= 15 is 0 Å². The van der Waals surface area contributed by atoms with Gasteiger partial charge >= 0.3 is 0 Å². The van der Waals surface area contributed by atoms with Crippen LogP contribution in [0.25, 0.3) is 10.9 Å². The van der Waals surface area contributed by atoms with Crippen molar-refractivity contribution < 1.29 is 9.84 Å². The number of aryl methyl sites for hydroxylation is 1. The summed E-state index contributed by atoms with van der Waals surface area (Å²) in [6.45, 7) is 2.89. The van der Waals surface area contributed by atoms with Gasteiger partial charge in [0, 0.05) is 30.9 Å². The number of para-hydroxylation sites is 1. The Kier molecular flexibility index (Phi) is 5.94. The first-order chi connectivity index (χ1) is 11.3. The number of pyridine rings is 1. The van der Waals surface area contributed by atoms with E-state index < -0.39 is 0 Å². The number of aliphatic hydroxyl groups is 1. The summed E-state index contributed by atoms with van der Waals surface area (Å²) in [5, 5.41) is 11.6. The highest BCUT2D eigenvalue weighted by Gasteiger charge is 2.06. The maximum Gasteiger partial charge on any atom is 0.145 e. The van der Waals surface area contributed by atoms with Gasteiger partial charge in [-0.15, -0.1) is 0 Å². The van der Waals surface area contributed by atoms with Crippen molar-refractivity contribution in [2.45, 2.75) is 13.5 Å². The molecule has 0 saturated heterocycles. The number of hydrogen-bond acceptors (Lipinski definition) is 4. The van der Waals surface area contributed by atoms with Crippen molar-refractivity contribution in [3.63, 3.8) is 0 Å². The summed E-state index contributed by atoms with van der Waals surface area (Å²) in [5.41, 5.74) is 4.49. The molecule has 1 aromatic heterocycles. The van der Waals surface area contributed by atoms with Crippen molar-refractivity contribution >= 4 is 16.6 Å². The van der Waals surface area contributed by atoms with E-state index in [0.717, 1.165) is 36.0 Å². The SMILES string of the molecule is CO.COc1cccc2c(NCc3ccc(C)cc3)ccnc12. The summed E-state index contributed by atoms with van der Waals surface area (Å²) in [6.07, 6.45) is 1.81. The van der Waals surface area contributed by atoms with Crippen LogP contribution in [0.15, 0.2) is 54.7 Å². The Morgan fingerprint density at radius 1 is 1.04 bits per heavy atom. The number of nitrogens with zero attached hydrogens (tertiary/aromatic N) is 1. The Balaban J connectivity index is 0.000000924. The molecule has 4 heteroatoms. The summed E-state index contributed by atoms with van der Waals surface area (Å²) in [7, 11) is 2.67. The van der Waals surface area contributed by atoms with Gasteiger partial charge in [0.1, 0.15) is 11.3 Å². The summed E-state index contributed by atoms with van der Waals surface area (Å²) in [6, 6.07) is 16.5. The number of aliphatic hydroxyl groups excluding tert-OH is 1. The normalized spacial score (nSPS) is 9.91. The molecule has 0 unspecified atom stereocenters. The smallest absolute Gasteiger partial charge is 0.145 e. The molecular formula is C19H22N2O2. The number of nitrogens with one attached hydrogen (secondary N) is 1. The lowest BCUT2D eigenvalue weighted by Crippen LogP contribution is -2.00. The first-order valence-corrected chi connectivity index (χ1v) is 7.44. The van der Waals surface area contributed by atoms with Crippen LogP contribution < -0.4 is 10.1 Å². The van der Waals surface area contributed by atoms with Crippen molar-refractivity contribution in [3.8, 4) is 5.75 Å². The quantitative estimate of drug-likeness (QED) is 0.770. The highest BCUT2D eigenvalue weighted by atomic mass is 16.5. The molecule has 0 atom stereocenters. The molecular weight excluding hydrogens is 288 g/mol. The average molecular weight is 310 g/mol. The van der Waals surface area contributed by atoms with E-state index in [0.29, 0.717) is 0 Å². The molecule has 2 N–H and O–H groups in total. The van der Waals surface area contributed by atoms with Crippen LogP contribution in [0.2, 0.25) is 0 Å². The molecule has 0 amide bonds. The maximum absolute atomic E-state index is 7.00. The first-order valence-electron chi connectivity index (χ1n) is 7.44. The summed E-state index contributed by atoms with van der Waals surface area (Å²) in [5.74, 6) is 0.798. The van der Waals surface area contributed by atoms with Crippen molar-refractivity contribution in [3.05, 3.63) is 65.9 Å². The van der Waals surface area contributed by atoms with Crippen molar-refractivity contribution in [2.24, 2.45) is 0 Å². The molecule has 0 spiro atoms. The lowest BCUT2D eigenvalue weighted by molar-refractivity contribution is 0.399. The number of rotatable bonds is 4. The zero-order valence-electron chi connectivity index (χ0n) is 13.7. The van der Waals surface area contributed by atoms with Crippen LogP contribution in [0.4, 0.5) is 5.69 Å². The number of benzene rings is 2. The molecule has 0 bridgehead atoms. The van der Waals surface area contributed by atoms with Gasteiger partial charge < -0.3 is 15.2 Å². The van der Waals surface area contributed by atoms with Gasteiger partial charge in [-0.25, -0.2) is 0 Å². The number of ether oxygens (including phenoxy) is 1. The van der Waals surface area contributed by atoms with E-state index in [1.165, 1.54) is 11.1 Å². The van der Waals surface area contributed by atoms with Gasteiger partial charge in [0.05, 0.1) is 7.11 Å². The fourth-order valence-corrected chi connectivity index (χ4v) is 2.37. The predicted octanol–water partition coefficient (Wildman–Crippen LogP) is 3.77.